The molecule has 2 rings (SSSR count). The van der Waals surface area contributed by atoms with Crippen molar-refractivity contribution in [1.29, 1.82) is 5.26 Å². The van der Waals surface area contributed by atoms with Crippen LogP contribution < -0.4 is 15.9 Å². The van der Waals surface area contributed by atoms with E-state index in [1.54, 1.807) is 13.8 Å². The van der Waals surface area contributed by atoms with E-state index in [1.807, 2.05) is 38.1 Å². The van der Waals surface area contributed by atoms with E-state index in [0.29, 0.717) is 22.6 Å². The summed E-state index contributed by atoms with van der Waals surface area (Å²) in [6.45, 7) is 11.7. The number of ether oxygens (including phenoxy) is 1. The van der Waals surface area contributed by atoms with Crippen molar-refractivity contribution in [2.45, 2.75) is 70.0 Å². The second-order valence-corrected chi connectivity index (χ2v) is 9.31. The Hall–Kier alpha value is -2.73. The molecule has 8 nitrogen and oxygen atoms in total. The quantitative estimate of drug-likeness (QED) is 0.463. The highest BCUT2D eigenvalue weighted by Crippen LogP contribution is 2.24. The third-order valence-electron chi connectivity index (χ3n) is 5.07. The summed E-state index contributed by atoms with van der Waals surface area (Å²) in [5.41, 5.74) is 0.298. The van der Waals surface area contributed by atoms with Crippen molar-refractivity contribution in [2.75, 3.05) is 5.84 Å². The maximum atomic E-state index is 12.5. The highest BCUT2D eigenvalue weighted by atomic mass is 32.2. The fourth-order valence-electron chi connectivity index (χ4n) is 2.45. The Morgan fingerprint density at radius 3 is 2.43 bits per heavy atom. The lowest BCUT2D eigenvalue weighted by Crippen LogP contribution is -2.51. The standard InChI is InChI=1S/C21H30N6O2S/c1-13(2)16-7-9-17(10-8-16)29-11-18-25-26-20(27(18)23)30-15(5)19(28)24-21(6,12-22)14(3)4/h7-10,13-15H,11,23H2,1-6H3,(H,24,28)/t15-,21+/m1/s1. The summed E-state index contributed by atoms with van der Waals surface area (Å²) in [5.74, 6) is 7.42. The predicted octanol–water partition coefficient (Wildman–Crippen LogP) is 3.23. The number of thioether (sulfide) groups is 1. The van der Waals surface area contributed by atoms with E-state index in [2.05, 4.69) is 35.4 Å². The summed E-state index contributed by atoms with van der Waals surface area (Å²) < 4.78 is 7.07. The maximum absolute atomic E-state index is 12.5. The van der Waals surface area contributed by atoms with Crippen LogP contribution in [0.25, 0.3) is 0 Å². The molecule has 0 bridgehead atoms. The van der Waals surface area contributed by atoms with Crippen molar-refractivity contribution in [1.82, 2.24) is 20.2 Å². The van der Waals surface area contributed by atoms with Gasteiger partial charge in [-0.15, -0.1) is 10.2 Å². The van der Waals surface area contributed by atoms with Crippen molar-refractivity contribution in [2.24, 2.45) is 5.92 Å². The van der Waals surface area contributed by atoms with Gasteiger partial charge in [0.05, 0.1) is 11.3 Å². The zero-order valence-electron chi connectivity index (χ0n) is 18.3. The van der Waals surface area contributed by atoms with E-state index in [9.17, 15) is 10.1 Å². The Labute approximate surface area is 182 Å². The molecule has 0 aliphatic carbocycles. The van der Waals surface area contributed by atoms with E-state index in [4.69, 9.17) is 10.6 Å². The summed E-state index contributed by atoms with van der Waals surface area (Å²) in [7, 11) is 0. The van der Waals surface area contributed by atoms with E-state index in [0.717, 1.165) is 0 Å². The van der Waals surface area contributed by atoms with Crippen LogP contribution in [0.15, 0.2) is 29.4 Å². The Balaban J connectivity index is 1.97. The van der Waals surface area contributed by atoms with Gasteiger partial charge in [0.15, 0.2) is 5.82 Å². The first-order chi connectivity index (χ1) is 14.1. The van der Waals surface area contributed by atoms with Gasteiger partial charge in [-0.3, -0.25) is 4.79 Å². The number of nitrogen functional groups attached to an aromatic ring is 1. The summed E-state index contributed by atoms with van der Waals surface area (Å²) in [4.78, 5) is 12.5. The lowest BCUT2D eigenvalue weighted by atomic mass is 9.90. The molecule has 3 N–H and O–H groups in total. The van der Waals surface area contributed by atoms with Crippen molar-refractivity contribution in [3.05, 3.63) is 35.7 Å². The SMILES string of the molecule is CC(C)c1ccc(OCc2nnc(S[C@H](C)C(=O)N[C@@](C)(C#N)C(C)C)n2N)cc1. The fourth-order valence-corrected chi connectivity index (χ4v) is 3.24. The number of amides is 1. The van der Waals surface area contributed by atoms with Crippen LogP contribution in [0.3, 0.4) is 0 Å². The van der Waals surface area contributed by atoms with E-state index >= 15 is 0 Å². The number of nitrogens with two attached hydrogens (primary N) is 1. The smallest absolute Gasteiger partial charge is 0.234 e. The molecule has 1 amide bonds. The largest absolute Gasteiger partial charge is 0.486 e. The van der Waals surface area contributed by atoms with Crippen LogP contribution in [0.4, 0.5) is 0 Å². The third kappa shape index (κ3) is 5.66. The molecule has 30 heavy (non-hydrogen) atoms. The van der Waals surface area contributed by atoms with Gasteiger partial charge in [0, 0.05) is 0 Å². The first-order valence-corrected chi connectivity index (χ1v) is 10.8. The van der Waals surface area contributed by atoms with Crippen LogP contribution in [-0.4, -0.2) is 31.6 Å². The zero-order valence-corrected chi connectivity index (χ0v) is 19.2. The van der Waals surface area contributed by atoms with Crippen LogP contribution in [0.1, 0.15) is 58.8 Å². The molecule has 1 aromatic carbocycles. The Morgan fingerprint density at radius 2 is 1.90 bits per heavy atom. The average Bonchev–Trinajstić information content (AvgIpc) is 3.05. The van der Waals surface area contributed by atoms with Gasteiger partial charge in [0.2, 0.25) is 11.1 Å². The topological polar surface area (TPSA) is 119 Å². The number of rotatable bonds is 9. The first kappa shape index (κ1) is 23.5. The van der Waals surface area contributed by atoms with Gasteiger partial charge < -0.3 is 15.9 Å². The molecular weight excluding hydrogens is 400 g/mol. The number of nitrogens with zero attached hydrogens (tertiary/aromatic N) is 4. The Bertz CT molecular complexity index is 903. The number of carbonyl (C=O) groups is 1. The van der Waals surface area contributed by atoms with E-state index < -0.39 is 10.8 Å². The fraction of sp³-hybridized carbons (Fsp3) is 0.524. The van der Waals surface area contributed by atoms with Crippen LogP contribution in [-0.2, 0) is 11.4 Å². The van der Waals surface area contributed by atoms with Crippen molar-refractivity contribution < 1.29 is 9.53 Å². The Kier molecular flexibility index (Phi) is 7.73. The van der Waals surface area contributed by atoms with Crippen molar-refractivity contribution >= 4 is 17.7 Å². The molecule has 2 aromatic rings. The highest BCUT2D eigenvalue weighted by Gasteiger charge is 2.32. The number of nitriles is 1. The van der Waals surface area contributed by atoms with Crippen LogP contribution >= 0.6 is 11.8 Å². The molecule has 0 fully saturated rings. The average molecular weight is 431 g/mol. The third-order valence-corrected chi connectivity index (χ3v) is 6.13. The molecule has 162 valence electrons. The minimum Gasteiger partial charge on any atom is -0.486 e. The van der Waals surface area contributed by atoms with Gasteiger partial charge in [-0.05, 0) is 43.4 Å². The van der Waals surface area contributed by atoms with Gasteiger partial charge in [-0.2, -0.15) is 5.26 Å². The summed E-state index contributed by atoms with van der Waals surface area (Å²) in [6.07, 6.45) is 0. The van der Waals surface area contributed by atoms with Gasteiger partial charge in [0.25, 0.3) is 0 Å². The lowest BCUT2D eigenvalue weighted by Gasteiger charge is -2.28. The lowest BCUT2D eigenvalue weighted by molar-refractivity contribution is -0.121. The van der Waals surface area contributed by atoms with E-state index in [-0.39, 0.29) is 18.4 Å². The monoisotopic (exact) mass is 430 g/mol. The van der Waals surface area contributed by atoms with Crippen LogP contribution in [0, 0.1) is 17.2 Å². The molecule has 0 aliphatic rings. The molecule has 0 saturated heterocycles. The minimum absolute atomic E-state index is 0.0276. The second kappa shape index (κ2) is 9.85. The number of hydrogen-bond acceptors (Lipinski definition) is 7. The van der Waals surface area contributed by atoms with Gasteiger partial charge in [0.1, 0.15) is 17.9 Å². The molecule has 0 saturated carbocycles. The van der Waals surface area contributed by atoms with Crippen molar-refractivity contribution in [3.8, 4) is 11.8 Å². The number of nitrogens with one attached hydrogen (secondary N) is 1. The number of benzene rings is 1. The molecule has 0 aliphatic heterocycles. The maximum Gasteiger partial charge on any atom is 0.234 e. The first-order valence-electron chi connectivity index (χ1n) is 9.89. The van der Waals surface area contributed by atoms with Gasteiger partial charge in [-0.1, -0.05) is 51.6 Å². The number of hydrogen-bond donors (Lipinski definition) is 2. The normalized spacial score (nSPS) is 14.2. The summed E-state index contributed by atoms with van der Waals surface area (Å²) in [6, 6.07) is 10.1. The molecule has 2 atom stereocenters. The highest BCUT2D eigenvalue weighted by molar-refractivity contribution is 8.00. The van der Waals surface area contributed by atoms with Gasteiger partial charge >= 0.3 is 0 Å². The summed E-state index contributed by atoms with van der Waals surface area (Å²) >= 11 is 1.18. The number of carbonyl (C=O) groups excluding carboxylic acids is 1. The minimum atomic E-state index is -0.938. The molecule has 0 radical (unpaired) electrons. The zero-order chi connectivity index (χ0) is 22.5. The van der Waals surface area contributed by atoms with Crippen LogP contribution in [0.2, 0.25) is 0 Å². The summed E-state index contributed by atoms with van der Waals surface area (Å²) in [5, 5.41) is 20.2. The predicted molar refractivity (Wildman–Crippen MR) is 117 cm³/mol. The molecule has 1 aromatic heterocycles. The Morgan fingerprint density at radius 1 is 1.27 bits per heavy atom. The van der Waals surface area contributed by atoms with Gasteiger partial charge in [-0.25, -0.2) is 4.68 Å². The van der Waals surface area contributed by atoms with Crippen molar-refractivity contribution in [3.63, 3.8) is 0 Å². The molecule has 1 heterocycles. The number of aromatic nitrogens is 3. The van der Waals surface area contributed by atoms with E-state index in [1.165, 1.54) is 22.0 Å². The second-order valence-electron chi connectivity index (χ2n) is 8.00. The molecular formula is C21H30N6O2S. The van der Waals surface area contributed by atoms with Crippen LogP contribution in [0.5, 0.6) is 5.75 Å². The molecule has 0 spiro atoms. The molecule has 0 unspecified atom stereocenters. The molecule has 9 heteroatoms.